The molecule has 136 valence electrons. The smallest absolute Gasteiger partial charge is 0.225 e. The van der Waals surface area contributed by atoms with Gasteiger partial charge in [-0.3, -0.25) is 9.59 Å². The average Bonchev–Trinajstić information content (AvgIpc) is 3.30. The molecular formula is C21H24N2O3. The highest BCUT2D eigenvalue weighted by Crippen LogP contribution is 2.31. The van der Waals surface area contributed by atoms with Crippen LogP contribution in [0, 0.1) is 5.92 Å². The van der Waals surface area contributed by atoms with Gasteiger partial charge in [0, 0.05) is 25.4 Å². The normalized spacial score (nSPS) is 22.3. The fraction of sp³-hybridized carbons (Fsp3) is 0.429. The van der Waals surface area contributed by atoms with Crippen LogP contribution in [0.3, 0.4) is 0 Å². The number of carbonyl (C=O) groups excluding carboxylic acids is 2. The monoisotopic (exact) mass is 352 g/mol. The van der Waals surface area contributed by atoms with Crippen molar-refractivity contribution in [2.45, 2.75) is 38.1 Å². The summed E-state index contributed by atoms with van der Waals surface area (Å²) in [5.74, 6) is 0.864. The molecule has 2 unspecified atom stereocenters. The zero-order chi connectivity index (χ0) is 17.9. The number of benzene rings is 1. The van der Waals surface area contributed by atoms with Crippen LogP contribution in [0.2, 0.25) is 0 Å². The van der Waals surface area contributed by atoms with Crippen LogP contribution >= 0.6 is 0 Å². The first-order valence-electron chi connectivity index (χ1n) is 9.36. The van der Waals surface area contributed by atoms with E-state index in [0.29, 0.717) is 25.6 Å². The van der Waals surface area contributed by atoms with Crippen molar-refractivity contribution in [3.05, 3.63) is 59.5 Å². The van der Waals surface area contributed by atoms with Crippen LogP contribution in [0.15, 0.2) is 47.1 Å². The Balaban J connectivity index is 1.32. The SMILES string of the molecule is O=C(NCC1CCCc2ccccc21)C1CC(=O)N(Cc2ccco2)C1. The molecule has 5 heteroatoms. The molecule has 2 atom stereocenters. The Morgan fingerprint density at radius 1 is 1.23 bits per heavy atom. The maximum absolute atomic E-state index is 12.6. The molecule has 2 aliphatic rings. The molecule has 26 heavy (non-hydrogen) atoms. The highest BCUT2D eigenvalue weighted by molar-refractivity contribution is 5.89. The summed E-state index contributed by atoms with van der Waals surface area (Å²) in [6.45, 7) is 1.55. The van der Waals surface area contributed by atoms with Crippen LogP contribution in [0.25, 0.3) is 0 Å². The molecule has 2 heterocycles. The van der Waals surface area contributed by atoms with E-state index in [1.165, 1.54) is 11.1 Å². The van der Waals surface area contributed by atoms with E-state index in [9.17, 15) is 9.59 Å². The van der Waals surface area contributed by atoms with E-state index in [1.54, 1.807) is 11.2 Å². The number of hydrogen-bond acceptors (Lipinski definition) is 3. The highest BCUT2D eigenvalue weighted by Gasteiger charge is 2.35. The number of hydrogen-bond donors (Lipinski definition) is 1. The lowest BCUT2D eigenvalue weighted by molar-refractivity contribution is -0.129. The van der Waals surface area contributed by atoms with Gasteiger partial charge in [0.05, 0.1) is 18.7 Å². The molecule has 4 rings (SSSR count). The molecule has 0 spiro atoms. The lowest BCUT2D eigenvalue weighted by Gasteiger charge is -2.26. The molecule has 0 bridgehead atoms. The van der Waals surface area contributed by atoms with Crippen molar-refractivity contribution in [3.63, 3.8) is 0 Å². The summed E-state index contributed by atoms with van der Waals surface area (Å²) < 4.78 is 5.31. The Morgan fingerprint density at radius 2 is 2.12 bits per heavy atom. The number of carbonyl (C=O) groups is 2. The molecular weight excluding hydrogens is 328 g/mol. The van der Waals surface area contributed by atoms with E-state index in [0.717, 1.165) is 25.0 Å². The zero-order valence-electron chi connectivity index (χ0n) is 14.8. The number of rotatable bonds is 5. The van der Waals surface area contributed by atoms with Gasteiger partial charge in [-0.25, -0.2) is 0 Å². The van der Waals surface area contributed by atoms with Crippen LogP contribution in [0.1, 0.15) is 42.1 Å². The Hall–Kier alpha value is -2.56. The number of nitrogens with one attached hydrogen (secondary N) is 1. The van der Waals surface area contributed by atoms with Crippen molar-refractivity contribution in [1.29, 1.82) is 0 Å². The van der Waals surface area contributed by atoms with Crippen molar-refractivity contribution < 1.29 is 14.0 Å². The van der Waals surface area contributed by atoms with E-state index >= 15 is 0 Å². The van der Waals surface area contributed by atoms with Crippen molar-refractivity contribution in [3.8, 4) is 0 Å². The molecule has 1 saturated heterocycles. The van der Waals surface area contributed by atoms with E-state index < -0.39 is 0 Å². The number of fused-ring (bicyclic) bond motifs is 1. The maximum atomic E-state index is 12.6. The molecule has 0 saturated carbocycles. The lowest BCUT2D eigenvalue weighted by atomic mass is 9.83. The Kier molecular flexibility index (Phi) is 4.78. The minimum Gasteiger partial charge on any atom is -0.467 e. The summed E-state index contributed by atoms with van der Waals surface area (Å²) in [5.41, 5.74) is 2.76. The van der Waals surface area contributed by atoms with Gasteiger partial charge in [-0.2, -0.15) is 0 Å². The fourth-order valence-electron chi connectivity index (χ4n) is 4.13. The first-order chi connectivity index (χ1) is 12.7. The fourth-order valence-corrected chi connectivity index (χ4v) is 4.13. The molecule has 1 aliphatic heterocycles. The Labute approximate surface area is 153 Å². The standard InChI is InChI=1S/C21H24N2O3/c24-20-11-17(13-23(20)14-18-8-4-10-26-18)21(25)22-12-16-7-3-6-15-5-1-2-9-19(15)16/h1-2,4-5,8-10,16-17H,3,6-7,11-14H2,(H,22,25). The number of likely N-dealkylation sites (tertiary alicyclic amines) is 1. The summed E-state index contributed by atoms with van der Waals surface area (Å²) in [6, 6.07) is 12.2. The summed E-state index contributed by atoms with van der Waals surface area (Å²) in [4.78, 5) is 26.5. The molecule has 2 amide bonds. The second kappa shape index (κ2) is 7.36. The van der Waals surface area contributed by atoms with Gasteiger partial charge in [0.25, 0.3) is 0 Å². The summed E-state index contributed by atoms with van der Waals surface area (Å²) in [6.07, 6.45) is 5.28. The third kappa shape index (κ3) is 3.52. The van der Waals surface area contributed by atoms with Crippen molar-refractivity contribution in [2.75, 3.05) is 13.1 Å². The number of nitrogens with zero attached hydrogens (tertiary/aromatic N) is 1. The van der Waals surface area contributed by atoms with Crippen LogP contribution in [-0.2, 0) is 22.6 Å². The Bertz CT molecular complexity index is 784. The second-order valence-corrected chi connectivity index (χ2v) is 7.29. The van der Waals surface area contributed by atoms with E-state index in [2.05, 4.69) is 29.6 Å². The van der Waals surface area contributed by atoms with Crippen LogP contribution in [0.5, 0.6) is 0 Å². The van der Waals surface area contributed by atoms with Gasteiger partial charge in [0.1, 0.15) is 5.76 Å². The molecule has 1 aromatic heterocycles. The van der Waals surface area contributed by atoms with Gasteiger partial charge in [-0.1, -0.05) is 24.3 Å². The molecule has 1 fully saturated rings. The number of furan rings is 1. The molecule has 0 radical (unpaired) electrons. The molecule has 1 aromatic carbocycles. The third-order valence-corrected chi connectivity index (χ3v) is 5.53. The van der Waals surface area contributed by atoms with Crippen molar-refractivity contribution in [2.24, 2.45) is 5.92 Å². The minimum atomic E-state index is -0.267. The van der Waals surface area contributed by atoms with Gasteiger partial charge >= 0.3 is 0 Å². The lowest BCUT2D eigenvalue weighted by Crippen LogP contribution is -2.36. The average molecular weight is 352 g/mol. The van der Waals surface area contributed by atoms with Crippen molar-refractivity contribution in [1.82, 2.24) is 10.2 Å². The first-order valence-corrected chi connectivity index (χ1v) is 9.36. The topological polar surface area (TPSA) is 62.6 Å². The van der Waals surface area contributed by atoms with Gasteiger partial charge < -0.3 is 14.6 Å². The minimum absolute atomic E-state index is 0.0108. The number of amides is 2. The van der Waals surface area contributed by atoms with Crippen LogP contribution in [0.4, 0.5) is 0 Å². The predicted octanol–water partition coefficient (Wildman–Crippen LogP) is 2.86. The van der Waals surface area contributed by atoms with Gasteiger partial charge in [0.15, 0.2) is 0 Å². The van der Waals surface area contributed by atoms with Gasteiger partial charge in [-0.15, -0.1) is 0 Å². The van der Waals surface area contributed by atoms with Crippen molar-refractivity contribution >= 4 is 11.8 Å². The predicted molar refractivity (Wildman–Crippen MR) is 97.4 cm³/mol. The van der Waals surface area contributed by atoms with Crippen LogP contribution in [-0.4, -0.2) is 29.8 Å². The van der Waals surface area contributed by atoms with E-state index in [4.69, 9.17) is 4.42 Å². The highest BCUT2D eigenvalue weighted by atomic mass is 16.3. The van der Waals surface area contributed by atoms with E-state index in [-0.39, 0.29) is 24.2 Å². The summed E-state index contributed by atoms with van der Waals surface area (Å²) in [7, 11) is 0. The van der Waals surface area contributed by atoms with Gasteiger partial charge in [0.2, 0.25) is 11.8 Å². The first kappa shape index (κ1) is 16.9. The van der Waals surface area contributed by atoms with Gasteiger partial charge in [-0.05, 0) is 42.5 Å². The summed E-state index contributed by atoms with van der Waals surface area (Å²) in [5, 5.41) is 3.09. The Morgan fingerprint density at radius 3 is 2.96 bits per heavy atom. The number of aryl methyl sites for hydroxylation is 1. The molecule has 2 aromatic rings. The van der Waals surface area contributed by atoms with Crippen LogP contribution < -0.4 is 5.32 Å². The maximum Gasteiger partial charge on any atom is 0.225 e. The molecule has 1 aliphatic carbocycles. The molecule has 5 nitrogen and oxygen atoms in total. The largest absolute Gasteiger partial charge is 0.467 e. The third-order valence-electron chi connectivity index (χ3n) is 5.53. The quantitative estimate of drug-likeness (QED) is 0.900. The zero-order valence-corrected chi connectivity index (χ0v) is 14.8. The second-order valence-electron chi connectivity index (χ2n) is 7.29. The van der Waals surface area contributed by atoms with E-state index in [1.807, 2.05) is 12.1 Å². The summed E-state index contributed by atoms with van der Waals surface area (Å²) >= 11 is 0. The molecule has 1 N–H and O–H groups in total.